The van der Waals surface area contributed by atoms with Crippen LogP contribution in [0.25, 0.3) is 5.76 Å². The van der Waals surface area contributed by atoms with Crippen LogP contribution in [0.2, 0.25) is 0 Å². The number of nitrogens with one attached hydrogen (secondary N) is 1. The quantitative estimate of drug-likeness (QED) is 0.217. The van der Waals surface area contributed by atoms with Crippen molar-refractivity contribution < 1.29 is 29.0 Å². The summed E-state index contributed by atoms with van der Waals surface area (Å²) in [5, 5.41) is 21.4. The highest BCUT2D eigenvalue weighted by atomic mass is 32.1. The van der Waals surface area contributed by atoms with E-state index < -0.39 is 29.3 Å². The molecule has 0 saturated heterocycles. The molecular weight excluding hydrogens is 460 g/mol. The molecule has 34 heavy (non-hydrogen) atoms. The van der Waals surface area contributed by atoms with Crippen molar-refractivity contribution in [2.24, 2.45) is 10.2 Å². The Morgan fingerprint density at radius 1 is 1.03 bits per heavy atom. The highest BCUT2D eigenvalue weighted by Crippen LogP contribution is 2.37. The lowest BCUT2D eigenvalue weighted by Gasteiger charge is -2.07. The Morgan fingerprint density at radius 2 is 1.74 bits per heavy atom. The van der Waals surface area contributed by atoms with Gasteiger partial charge in [0.1, 0.15) is 10.4 Å². The molecule has 2 aromatic heterocycles. The SMILES string of the molecule is COC(=O)c1sc(N=N/C(C(=O)Nc2cccnc2)=C(\O)c2ccccc2)c(C(=O)OC)c1C. The molecule has 0 aliphatic heterocycles. The van der Waals surface area contributed by atoms with Crippen LogP contribution in [0.5, 0.6) is 0 Å². The highest BCUT2D eigenvalue weighted by molar-refractivity contribution is 7.18. The van der Waals surface area contributed by atoms with Crippen molar-refractivity contribution in [3.8, 4) is 0 Å². The van der Waals surface area contributed by atoms with Crippen molar-refractivity contribution >= 4 is 45.6 Å². The summed E-state index contributed by atoms with van der Waals surface area (Å²) in [5.41, 5.74) is 0.578. The normalized spacial score (nSPS) is 11.6. The van der Waals surface area contributed by atoms with E-state index in [4.69, 9.17) is 9.47 Å². The van der Waals surface area contributed by atoms with E-state index in [9.17, 15) is 19.5 Å². The summed E-state index contributed by atoms with van der Waals surface area (Å²) in [6, 6.07) is 11.5. The summed E-state index contributed by atoms with van der Waals surface area (Å²) >= 11 is 0.846. The Morgan fingerprint density at radius 3 is 2.35 bits per heavy atom. The van der Waals surface area contributed by atoms with Crippen LogP contribution in [-0.4, -0.2) is 42.2 Å². The molecule has 3 aromatic rings. The van der Waals surface area contributed by atoms with Gasteiger partial charge in [-0.15, -0.1) is 21.6 Å². The van der Waals surface area contributed by atoms with Gasteiger partial charge in [0.15, 0.2) is 16.5 Å². The topological polar surface area (TPSA) is 140 Å². The third-order valence-corrected chi connectivity index (χ3v) is 5.69. The molecule has 10 nitrogen and oxygen atoms in total. The van der Waals surface area contributed by atoms with E-state index in [0.717, 1.165) is 11.3 Å². The lowest BCUT2D eigenvalue weighted by molar-refractivity contribution is -0.112. The van der Waals surface area contributed by atoms with Crippen LogP contribution in [0.3, 0.4) is 0 Å². The van der Waals surface area contributed by atoms with Gasteiger partial charge in [-0.3, -0.25) is 9.78 Å². The molecule has 0 bridgehead atoms. The van der Waals surface area contributed by atoms with Gasteiger partial charge in [-0.1, -0.05) is 30.3 Å². The summed E-state index contributed by atoms with van der Waals surface area (Å²) in [5.74, 6) is -2.60. The summed E-state index contributed by atoms with van der Waals surface area (Å²) in [4.78, 5) is 41.5. The number of methoxy groups -OCH3 is 2. The Balaban J connectivity index is 2.10. The molecule has 0 atom stereocenters. The number of carbonyl (C=O) groups excluding carboxylic acids is 3. The zero-order valence-electron chi connectivity index (χ0n) is 18.4. The summed E-state index contributed by atoms with van der Waals surface area (Å²) in [7, 11) is 2.40. The summed E-state index contributed by atoms with van der Waals surface area (Å²) < 4.78 is 9.55. The lowest BCUT2D eigenvalue weighted by Crippen LogP contribution is -2.15. The highest BCUT2D eigenvalue weighted by Gasteiger charge is 2.26. The molecule has 1 amide bonds. The molecule has 174 valence electrons. The number of carbonyl (C=O) groups is 3. The fraction of sp³-hybridized carbons (Fsp3) is 0.130. The van der Waals surface area contributed by atoms with E-state index in [1.54, 1.807) is 55.6 Å². The Labute approximate surface area is 198 Å². The number of amides is 1. The predicted octanol–water partition coefficient (Wildman–Crippen LogP) is 4.67. The molecule has 0 saturated carbocycles. The van der Waals surface area contributed by atoms with E-state index in [-0.39, 0.29) is 15.4 Å². The maximum absolute atomic E-state index is 13.0. The molecule has 2 N–H and O–H groups in total. The van der Waals surface area contributed by atoms with Gasteiger partial charge in [0.05, 0.1) is 26.1 Å². The number of hydrogen-bond acceptors (Lipinski definition) is 10. The van der Waals surface area contributed by atoms with Crippen LogP contribution in [-0.2, 0) is 14.3 Å². The number of nitrogens with zero attached hydrogens (tertiary/aromatic N) is 3. The van der Waals surface area contributed by atoms with E-state index in [2.05, 4.69) is 20.5 Å². The minimum Gasteiger partial charge on any atom is -0.505 e. The van der Waals surface area contributed by atoms with Gasteiger partial charge in [-0.25, -0.2) is 9.59 Å². The number of azo groups is 1. The molecule has 0 radical (unpaired) electrons. The number of thiophene rings is 1. The van der Waals surface area contributed by atoms with Crippen molar-refractivity contribution in [2.75, 3.05) is 19.5 Å². The molecule has 11 heteroatoms. The fourth-order valence-electron chi connectivity index (χ4n) is 2.85. The molecule has 0 unspecified atom stereocenters. The molecule has 3 rings (SSSR count). The Kier molecular flexibility index (Phi) is 7.83. The zero-order chi connectivity index (χ0) is 24.7. The maximum Gasteiger partial charge on any atom is 0.348 e. The first-order chi connectivity index (χ1) is 16.4. The number of aliphatic hydroxyl groups is 1. The van der Waals surface area contributed by atoms with Gasteiger partial charge in [0.25, 0.3) is 5.91 Å². The van der Waals surface area contributed by atoms with Crippen LogP contribution >= 0.6 is 11.3 Å². The number of anilines is 1. The molecule has 0 aliphatic carbocycles. The zero-order valence-corrected chi connectivity index (χ0v) is 19.3. The third kappa shape index (κ3) is 5.33. The maximum atomic E-state index is 13.0. The van der Waals surface area contributed by atoms with E-state index in [1.165, 1.54) is 20.4 Å². The number of benzene rings is 1. The summed E-state index contributed by atoms with van der Waals surface area (Å²) in [6.07, 6.45) is 2.97. The number of rotatable bonds is 7. The molecule has 1 aromatic carbocycles. The second-order valence-electron chi connectivity index (χ2n) is 6.68. The minimum absolute atomic E-state index is 0.00266. The van der Waals surface area contributed by atoms with Crippen LogP contribution in [0.15, 0.2) is 70.8 Å². The lowest BCUT2D eigenvalue weighted by atomic mass is 10.1. The fourth-order valence-corrected chi connectivity index (χ4v) is 3.89. The van der Waals surface area contributed by atoms with Crippen LogP contribution in [0, 0.1) is 6.92 Å². The monoisotopic (exact) mass is 480 g/mol. The first-order valence-corrected chi connectivity index (χ1v) is 10.6. The van der Waals surface area contributed by atoms with Crippen molar-refractivity contribution in [1.29, 1.82) is 0 Å². The predicted molar refractivity (Wildman–Crippen MR) is 125 cm³/mol. The van der Waals surface area contributed by atoms with Crippen molar-refractivity contribution in [1.82, 2.24) is 4.98 Å². The minimum atomic E-state index is -0.765. The number of aliphatic hydroxyl groups excluding tert-OH is 1. The van der Waals surface area contributed by atoms with Gasteiger partial charge in [-0.2, -0.15) is 0 Å². The standard InChI is InChI=1S/C23H20N4O6S/c1-13-16(22(30)32-2)21(34-19(13)23(31)33-3)27-26-17(18(28)14-8-5-4-6-9-14)20(29)25-15-10-7-11-24-12-15/h4-12,28H,1-3H3,(H,25,29)/b18-17-,27-26?. The Hall–Kier alpha value is -4.38. The Bertz CT molecular complexity index is 1270. The van der Waals surface area contributed by atoms with E-state index in [1.807, 2.05) is 0 Å². The second-order valence-corrected chi connectivity index (χ2v) is 7.68. The number of esters is 2. The van der Waals surface area contributed by atoms with E-state index >= 15 is 0 Å². The van der Waals surface area contributed by atoms with Crippen LogP contribution < -0.4 is 5.32 Å². The number of hydrogen-bond donors (Lipinski definition) is 2. The molecular formula is C23H20N4O6S. The molecule has 0 spiro atoms. The van der Waals surface area contributed by atoms with Gasteiger partial charge in [-0.05, 0) is 24.6 Å². The van der Waals surface area contributed by atoms with Crippen molar-refractivity contribution in [2.45, 2.75) is 6.92 Å². The van der Waals surface area contributed by atoms with Gasteiger partial charge in [0.2, 0.25) is 0 Å². The number of ether oxygens (including phenoxy) is 2. The molecule has 2 heterocycles. The average molecular weight is 481 g/mol. The first kappa shape index (κ1) is 24.3. The largest absolute Gasteiger partial charge is 0.505 e. The second kappa shape index (κ2) is 11.0. The third-order valence-electron chi connectivity index (χ3n) is 4.54. The van der Waals surface area contributed by atoms with Gasteiger partial charge < -0.3 is 19.9 Å². The van der Waals surface area contributed by atoms with Crippen LogP contribution in [0.4, 0.5) is 10.7 Å². The molecule has 0 fully saturated rings. The van der Waals surface area contributed by atoms with Crippen molar-refractivity contribution in [3.05, 3.63) is 82.1 Å². The van der Waals surface area contributed by atoms with Gasteiger partial charge >= 0.3 is 11.9 Å². The first-order valence-electron chi connectivity index (χ1n) is 9.79. The summed E-state index contributed by atoms with van der Waals surface area (Å²) in [6.45, 7) is 1.54. The average Bonchev–Trinajstić information content (AvgIpc) is 3.20. The van der Waals surface area contributed by atoms with Gasteiger partial charge in [0, 0.05) is 11.8 Å². The molecule has 0 aliphatic rings. The van der Waals surface area contributed by atoms with E-state index in [0.29, 0.717) is 16.8 Å². The number of pyridine rings is 1. The smallest absolute Gasteiger partial charge is 0.348 e. The van der Waals surface area contributed by atoms with Crippen molar-refractivity contribution in [3.63, 3.8) is 0 Å². The number of aromatic nitrogens is 1. The van der Waals surface area contributed by atoms with Crippen LogP contribution in [0.1, 0.15) is 31.2 Å².